The fourth-order valence-electron chi connectivity index (χ4n) is 2.90. The molecule has 0 aliphatic carbocycles. The van der Waals surface area contributed by atoms with Crippen molar-refractivity contribution >= 4 is 27.6 Å². The standard InChI is InChI=1S/C16H22N2O5S/c1-4-8-16(2,15(20)21)17-14(19)12-5-6-13-11(10-12)7-9-18(13)24(3,22)23/h5-6,10H,4,7-9H2,1-3H3,(H,17,19)(H,20,21). The van der Waals surface area contributed by atoms with Crippen LogP contribution in [0.15, 0.2) is 18.2 Å². The van der Waals surface area contributed by atoms with Crippen molar-refractivity contribution in [1.82, 2.24) is 5.32 Å². The Morgan fingerprint density at radius 3 is 2.58 bits per heavy atom. The first-order chi connectivity index (χ1) is 11.1. The number of carbonyl (C=O) groups excluding carboxylic acids is 1. The molecule has 0 saturated carbocycles. The summed E-state index contributed by atoms with van der Waals surface area (Å²) in [4.78, 5) is 23.8. The van der Waals surface area contributed by atoms with E-state index in [2.05, 4.69) is 5.32 Å². The molecule has 0 fully saturated rings. The number of nitrogens with zero attached hydrogens (tertiary/aromatic N) is 1. The second-order valence-electron chi connectivity index (χ2n) is 6.27. The molecule has 2 N–H and O–H groups in total. The molecule has 1 aromatic carbocycles. The van der Waals surface area contributed by atoms with Crippen LogP contribution in [0.25, 0.3) is 0 Å². The van der Waals surface area contributed by atoms with Gasteiger partial charge in [-0.2, -0.15) is 0 Å². The summed E-state index contributed by atoms with van der Waals surface area (Å²) < 4.78 is 24.8. The number of fused-ring (bicyclic) bond motifs is 1. The molecule has 0 radical (unpaired) electrons. The summed E-state index contributed by atoms with van der Waals surface area (Å²) in [6.45, 7) is 3.68. The maximum absolute atomic E-state index is 12.4. The van der Waals surface area contributed by atoms with Gasteiger partial charge in [-0.05, 0) is 43.5 Å². The van der Waals surface area contributed by atoms with Gasteiger partial charge in [0.25, 0.3) is 5.91 Å². The number of hydrogen-bond acceptors (Lipinski definition) is 4. The molecule has 1 aliphatic rings. The van der Waals surface area contributed by atoms with Crippen molar-refractivity contribution in [3.05, 3.63) is 29.3 Å². The van der Waals surface area contributed by atoms with Crippen LogP contribution < -0.4 is 9.62 Å². The van der Waals surface area contributed by atoms with E-state index in [0.717, 1.165) is 11.8 Å². The van der Waals surface area contributed by atoms with E-state index in [9.17, 15) is 23.1 Å². The summed E-state index contributed by atoms with van der Waals surface area (Å²) in [7, 11) is -3.34. The van der Waals surface area contributed by atoms with Gasteiger partial charge in [-0.3, -0.25) is 9.10 Å². The summed E-state index contributed by atoms with van der Waals surface area (Å²) in [5.41, 5.74) is 0.334. The van der Waals surface area contributed by atoms with Gasteiger partial charge in [0, 0.05) is 12.1 Å². The van der Waals surface area contributed by atoms with E-state index in [4.69, 9.17) is 0 Å². The van der Waals surface area contributed by atoms with Crippen molar-refractivity contribution in [3.63, 3.8) is 0 Å². The lowest BCUT2D eigenvalue weighted by atomic mass is 9.95. The van der Waals surface area contributed by atoms with E-state index < -0.39 is 27.4 Å². The van der Waals surface area contributed by atoms with Crippen LogP contribution in [0, 0.1) is 0 Å². The average Bonchev–Trinajstić information content (AvgIpc) is 2.90. The number of anilines is 1. The molecule has 1 atom stereocenters. The Balaban J connectivity index is 2.26. The molecule has 1 heterocycles. The van der Waals surface area contributed by atoms with Crippen molar-refractivity contribution in [1.29, 1.82) is 0 Å². The lowest BCUT2D eigenvalue weighted by Crippen LogP contribution is -2.52. The monoisotopic (exact) mass is 354 g/mol. The molecule has 132 valence electrons. The lowest BCUT2D eigenvalue weighted by molar-refractivity contribution is -0.144. The first-order valence-corrected chi connectivity index (χ1v) is 9.60. The predicted molar refractivity (Wildman–Crippen MR) is 90.8 cm³/mol. The molecule has 0 aromatic heterocycles. The van der Waals surface area contributed by atoms with Gasteiger partial charge in [0.2, 0.25) is 10.0 Å². The molecule has 1 amide bonds. The van der Waals surface area contributed by atoms with Gasteiger partial charge in [0.1, 0.15) is 5.54 Å². The smallest absolute Gasteiger partial charge is 0.329 e. The maximum Gasteiger partial charge on any atom is 0.329 e. The summed E-state index contributed by atoms with van der Waals surface area (Å²) in [5, 5.41) is 11.9. The molecule has 7 nitrogen and oxygen atoms in total. The Morgan fingerprint density at radius 1 is 1.38 bits per heavy atom. The molecular weight excluding hydrogens is 332 g/mol. The minimum absolute atomic E-state index is 0.320. The van der Waals surface area contributed by atoms with E-state index in [1.807, 2.05) is 6.92 Å². The zero-order chi connectivity index (χ0) is 18.1. The molecule has 0 spiro atoms. The summed E-state index contributed by atoms with van der Waals surface area (Å²) in [6.07, 6.45) is 2.61. The molecule has 2 rings (SSSR count). The number of sulfonamides is 1. The van der Waals surface area contributed by atoms with Crippen LogP contribution in [0.1, 0.15) is 42.6 Å². The van der Waals surface area contributed by atoms with Crippen LogP contribution in [0.5, 0.6) is 0 Å². The fourth-order valence-corrected chi connectivity index (χ4v) is 3.86. The third kappa shape index (κ3) is 3.53. The molecule has 8 heteroatoms. The molecular formula is C16H22N2O5S. The SMILES string of the molecule is CCCC(C)(NC(=O)c1ccc2c(c1)CCN2S(C)(=O)=O)C(=O)O. The number of rotatable bonds is 6. The highest BCUT2D eigenvalue weighted by Crippen LogP contribution is 2.30. The van der Waals surface area contributed by atoms with E-state index in [1.165, 1.54) is 17.3 Å². The van der Waals surface area contributed by atoms with Crippen LogP contribution in [0.2, 0.25) is 0 Å². The molecule has 1 unspecified atom stereocenters. The third-order valence-electron chi connectivity index (χ3n) is 4.21. The van der Waals surface area contributed by atoms with Gasteiger partial charge in [0.15, 0.2) is 0 Å². The van der Waals surface area contributed by atoms with Crippen molar-refractivity contribution in [3.8, 4) is 0 Å². The van der Waals surface area contributed by atoms with Crippen LogP contribution in [-0.4, -0.2) is 43.7 Å². The zero-order valence-electron chi connectivity index (χ0n) is 14.0. The Kier molecular flexibility index (Phi) is 4.89. The molecule has 0 saturated heterocycles. The van der Waals surface area contributed by atoms with Gasteiger partial charge in [-0.1, -0.05) is 13.3 Å². The van der Waals surface area contributed by atoms with E-state index >= 15 is 0 Å². The number of hydrogen-bond donors (Lipinski definition) is 2. The van der Waals surface area contributed by atoms with Crippen molar-refractivity contribution in [2.45, 2.75) is 38.6 Å². The maximum atomic E-state index is 12.4. The summed E-state index contributed by atoms with van der Waals surface area (Å²) in [5.74, 6) is -1.56. The molecule has 1 aliphatic heterocycles. The highest BCUT2D eigenvalue weighted by molar-refractivity contribution is 7.92. The van der Waals surface area contributed by atoms with Gasteiger partial charge in [-0.15, -0.1) is 0 Å². The van der Waals surface area contributed by atoms with Gasteiger partial charge in [0.05, 0.1) is 11.9 Å². The average molecular weight is 354 g/mol. The number of aliphatic carboxylic acids is 1. The molecule has 1 aromatic rings. The highest BCUT2D eigenvalue weighted by atomic mass is 32.2. The highest BCUT2D eigenvalue weighted by Gasteiger charge is 2.34. The van der Waals surface area contributed by atoms with Crippen LogP contribution in [-0.2, 0) is 21.2 Å². The zero-order valence-corrected chi connectivity index (χ0v) is 14.8. The van der Waals surface area contributed by atoms with Crippen LogP contribution >= 0.6 is 0 Å². The Bertz CT molecular complexity index is 775. The summed E-state index contributed by atoms with van der Waals surface area (Å²) >= 11 is 0. The number of benzene rings is 1. The number of carboxylic acid groups (broad SMARTS) is 1. The Hall–Kier alpha value is -2.09. The molecule has 0 bridgehead atoms. The first-order valence-electron chi connectivity index (χ1n) is 7.75. The first kappa shape index (κ1) is 18.3. The second-order valence-corrected chi connectivity index (χ2v) is 8.18. The van der Waals surface area contributed by atoms with Gasteiger partial charge < -0.3 is 10.4 Å². The number of carboxylic acids is 1. The van der Waals surface area contributed by atoms with Gasteiger partial charge in [-0.25, -0.2) is 13.2 Å². The van der Waals surface area contributed by atoms with E-state index in [1.54, 1.807) is 12.1 Å². The molecule has 24 heavy (non-hydrogen) atoms. The van der Waals surface area contributed by atoms with Crippen molar-refractivity contribution < 1.29 is 23.1 Å². The minimum atomic E-state index is -3.34. The second kappa shape index (κ2) is 6.43. The fraction of sp³-hybridized carbons (Fsp3) is 0.500. The number of amides is 1. The normalized spacial score (nSPS) is 16.4. The predicted octanol–water partition coefficient (Wildman–Crippen LogP) is 1.38. The Morgan fingerprint density at radius 2 is 2.04 bits per heavy atom. The van der Waals surface area contributed by atoms with Crippen LogP contribution in [0.3, 0.4) is 0 Å². The third-order valence-corrected chi connectivity index (χ3v) is 5.39. The largest absolute Gasteiger partial charge is 0.480 e. The topological polar surface area (TPSA) is 104 Å². The Labute approximate surface area is 141 Å². The number of carbonyl (C=O) groups is 2. The minimum Gasteiger partial charge on any atom is -0.480 e. The van der Waals surface area contributed by atoms with E-state index in [-0.39, 0.29) is 0 Å². The van der Waals surface area contributed by atoms with Crippen molar-refractivity contribution in [2.24, 2.45) is 0 Å². The van der Waals surface area contributed by atoms with Gasteiger partial charge >= 0.3 is 5.97 Å². The lowest BCUT2D eigenvalue weighted by Gasteiger charge is -2.26. The van der Waals surface area contributed by atoms with Crippen molar-refractivity contribution in [2.75, 3.05) is 17.1 Å². The van der Waals surface area contributed by atoms with E-state index in [0.29, 0.717) is 37.1 Å². The van der Waals surface area contributed by atoms with Crippen LogP contribution in [0.4, 0.5) is 5.69 Å². The summed E-state index contributed by atoms with van der Waals surface area (Å²) in [6, 6.07) is 4.74. The quantitative estimate of drug-likeness (QED) is 0.803. The number of nitrogens with one attached hydrogen (secondary N) is 1.